The number of carbonyl (C=O) groups excluding carboxylic acids is 2. The minimum absolute atomic E-state index is 0.101. The Balaban J connectivity index is 1.86. The van der Waals surface area contributed by atoms with Gasteiger partial charge in [-0.1, -0.05) is 12.1 Å². The minimum atomic E-state index is -0.325. The van der Waals surface area contributed by atoms with Crippen LogP contribution in [0.25, 0.3) is 0 Å². The van der Waals surface area contributed by atoms with Crippen LogP contribution in [0, 0.1) is 11.7 Å². The molecule has 2 N–H and O–H groups in total. The molecule has 1 aromatic carbocycles. The summed E-state index contributed by atoms with van der Waals surface area (Å²) in [4.78, 5) is 22.6. The number of carbonyl (C=O) groups is 2. The lowest BCUT2D eigenvalue weighted by Crippen LogP contribution is -2.31. The lowest BCUT2D eigenvalue weighted by Gasteiger charge is -2.09. The summed E-state index contributed by atoms with van der Waals surface area (Å²) in [6.45, 7) is 0.662. The summed E-state index contributed by atoms with van der Waals surface area (Å²) in [7, 11) is 0. The summed E-state index contributed by atoms with van der Waals surface area (Å²) in [6.07, 6.45) is 0.231. The van der Waals surface area contributed by atoms with E-state index in [9.17, 15) is 14.0 Å². The van der Waals surface area contributed by atoms with E-state index in [0.29, 0.717) is 12.1 Å². The molecule has 0 radical (unpaired) electrons. The lowest BCUT2D eigenvalue weighted by atomic mass is 10.1. The van der Waals surface area contributed by atoms with Crippen LogP contribution in [0.4, 0.5) is 4.39 Å². The third kappa shape index (κ3) is 3.03. The molecule has 1 fully saturated rings. The standard InChI is InChI=1S/C12H13FN2O2/c13-10-3-1-2-8(4-10)6-15-12(17)9-5-11(16)14-7-9/h1-4,9H,5-7H2,(H,14,16)(H,15,17). The molecule has 2 rings (SSSR count). The molecule has 0 aromatic heterocycles. The molecule has 2 amide bonds. The first kappa shape index (κ1) is 11.6. The summed E-state index contributed by atoms with van der Waals surface area (Å²) >= 11 is 0. The molecule has 0 aliphatic carbocycles. The highest BCUT2D eigenvalue weighted by Gasteiger charge is 2.27. The van der Waals surface area contributed by atoms with Crippen molar-refractivity contribution in [1.82, 2.24) is 10.6 Å². The van der Waals surface area contributed by atoms with Gasteiger partial charge in [-0.2, -0.15) is 0 Å². The van der Waals surface area contributed by atoms with E-state index in [4.69, 9.17) is 0 Å². The lowest BCUT2D eigenvalue weighted by molar-refractivity contribution is -0.126. The molecule has 1 unspecified atom stereocenters. The van der Waals surface area contributed by atoms with Gasteiger partial charge < -0.3 is 10.6 Å². The van der Waals surface area contributed by atoms with Crippen LogP contribution in [0.2, 0.25) is 0 Å². The largest absolute Gasteiger partial charge is 0.355 e. The quantitative estimate of drug-likeness (QED) is 0.806. The highest BCUT2D eigenvalue weighted by atomic mass is 19.1. The van der Waals surface area contributed by atoms with Crippen molar-refractivity contribution < 1.29 is 14.0 Å². The molecule has 17 heavy (non-hydrogen) atoms. The first-order chi connectivity index (χ1) is 8.15. The topological polar surface area (TPSA) is 58.2 Å². The summed E-state index contributed by atoms with van der Waals surface area (Å²) in [5.41, 5.74) is 0.704. The number of halogens is 1. The Morgan fingerprint density at radius 3 is 3.00 bits per heavy atom. The third-order valence-corrected chi connectivity index (χ3v) is 2.70. The molecule has 0 saturated carbocycles. The predicted octanol–water partition coefficient (Wildman–Crippen LogP) is 0.578. The van der Waals surface area contributed by atoms with E-state index in [-0.39, 0.29) is 36.5 Å². The Bertz CT molecular complexity index is 448. The molecule has 4 nitrogen and oxygen atoms in total. The van der Waals surface area contributed by atoms with Crippen molar-refractivity contribution in [3.8, 4) is 0 Å². The number of benzene rings is 1. The van der Waals surface area contributed by atoms with Crippen LogP contribution in [0.15, 0.2) is 24.3 Å². The number of rotatable bonds is 3. The van der Waals surface area contributed by atoms with Gasteiger partial charge in [0.1, 0.15) is 5.82 Å². The van der Waals surface area contributed by atoms with E-state index in [1.807, 2.05) is 0 Å². The zero-order valence-corrected chi connectivity index (χ0v) is 9.20. The fourth-order valence-electron chi connectivity index (χ4n) is 1.77. The van der Waals surface area contributed by atoms with Gasteiger partial charge in [0.05, 0.1) is 5.92 Å². The fraction of sp³-hybridized carbons (Fsp3) is 0.333. The van der Waals surface area contributed by atoms with E-state index in [2.05, 4.69) is 10.6 Å². The Labute approximate surface area is 98.2 Å². The van der Waals surface area contributed by atoms with Gasteiger partial charge in [0.15, 0.2) is 0 Å². The summed E-state index contributed by atoms with van der Waals surface area (Å²) in [5, 5.41) is 5.29. The van der Waals surface area contributed by atoms with Crippen LogP contribution in [0.5, 0.6) is 0 Å². The highest BCUT2D eigenvalue weighted by molar-refractivity contribution is 5.89. The van der Waals surface area contributed by atoms with E-state index < -0.39 is 0 Å². The van der Waals surface area contributed by atoms with Crippen LogP contribution >= 0.6 is 0 Å². The van der Waals surface area contributed by atoms with E-state index in [1.54, 1.807) is 12.1 Å². The summed E-state index contributed by atoms with van der Waals surface area (Å²) in [6, 6.07) is 6.06. The number of hydrogen-bond donors (Lipinski definition) is 2. The molecule has 1 atom stereocenters. The van der Waals surface area contributed by atoms with Crippen molar-refractivity contribution >= 4 is 11.8 Å². The van der Waals surface area contributed by atoms with Crippen LogP contribution in [0.3, 0.4) is 0 Å². The molecule has 0 bridgehead atoms. The Morgan fingerprint density at radius 1 is 1.53 bits per heavy atom. The average molecular weight is 236 g/mol. The van der Waals surface area contributed by atoms with Gasteiger partial charge in [0.2, 0.25) is 11.8 Å². The van der Waals surface area contributed by atoms with Gasteiger partial charge in [0, 0.05) is 19.5 Å². The van der Waals surface area contributed by atoms with Gasteiger partial charge >= 0.3 is 0 Å². The van der Waals surface area contributed by atoms with Crippen LogP contribution in [-0.2, 0) is 16.1 Å². The van der Waals surface area contributed by atoms with Crippen molar-refractivity contribution in [3.05, 3.63) is 35.6 Å². The first-order valence-electron chi connectivity index (χ1n) is 5.44. The molecule has 1 aliphatic rings. The van der Waals surface area contributed by atoms with Gasteiger partial charge in [-0.15, -0.1) is 0 Å². The second kappa shape index (κ2) is 4.95. The normalized spacial score (nSPS) is 18.9. The third-order valence-electron chi connectivity index (χ3n) is 2.70. The van der Waals surface area contributed by atoms with Crippen LogP contribution in [-0.4, -0.2) is 18.4 Å². The maximum atomic E-state index is 12.9. The maximum absolute atomic E-state index is 12.9. The molecule has 1 saturated heterocycles. The molecule has 1 aliphatic heterocycles. The Morgan fingerprint density at radius 2 is 2.35 bits per heavy atom. The molecule has 1 aromatic rings. The van der Waals surface area contributed by atoms with E-state index in [1.165, 1.54) is 12.1 Å². The summed E-state index contributed by atoms with van der Waals surface area (Å²) in [5.74, 6) is -0.908. The van der Waals surface area contributed by atoms with Crippen molar-refractivity contribution in [1.29, 1.82) is 0 Å². The molecule has 1 heterocycles. The van der Waals surface area contributed by atoms with Gasteiger partial charge in [-0.25, -0.2) is 4.39 Å². The molecule has 90 valence electrons. The van der Waals surface area contributed by atoms with Gasteiger partial charge in [-0.05, 0) is 17.7 Å². The van der Waals surface area contributed by atoms with Crippen molar-refractivity contribution in [2.45, 2.75) is 13.0 Å². The number of nitrogens with one attached hydrogen (secondary N) is 2. The van der Waals surface area contributed by atoms with Crippen LogP contribution in [0.1, 0.15) is 12.0 Å². The van der Waals surface area contributed by atoms with E-state index in [0.717, 1.165) is 0 Å². The van der Waals surface area contributed by atoms with Crippen molar-refractivity contribution in [2.75, 3.05) is 6.54 Å². The second-order valence-corrected chi connectivity index (χ2v) is 4.05. The smallest absolute Gasteiger partial charge is 0.225 e. The average Bonchev–Trinajstić information content (AvgIpc) is 2.73. The van der Waals surface area contributed by atoms with E-state index >= 15 is 0 Å². The Hall–Kier alpha value is -1.91. The van der Waals surface area contributed by atoms with Crippen molar-refractivity contribution in [2.24, 2.45) is 5.92 Å². The number of hydrogen-bond acceptors (Lipinski definition) is 2. The molecular formula is C12H13FN2O2. The summed E-state index contributed by atoms with van der Waals surface area (Å²) < 4.78 is 12.9. The number of amides is 2. The predicted molar refractivity (Wildman–Crippen MR) is 59.4 cm³/mol. The monoisotopic (exact) mass is 236 g/mol. The maximum Gasteiger partial charge on any atom is 0.225 e. The minimum Gasteiger partial charge on any atom is -0.355 e. The second-order valence-electron chi connectivity index (χ2n) is 4.05. The van der Waals surface area contributed by atoms with Gasteiger partial charge in [0.25, 0.3) is 0 Å². The zero-order valence-electron chi connectivity index (χ0n) is 9.20. The fourth-order valence-corrected chi connectivity index (χ4v) is 1.77. The molecular weight excluding hydrogens is 223 g/mol. The van der Waals surface area contributed by atoms with Gasteiger partial charge in [-0.3, -0.25) is 9.59 Å². The SMILES string of the molecule is O=C1CC(C(=O)NCc2cccc(F)c2)CN1. The van der Waals surface area contributed by atoms with Crippen LogP contribution < -0.4 is 10.6 Å². The highest BCUT2D eigenvalue weighted by Crippen LogP contribution is 2.09. The first-order valence-corrected chi connectivity index (χ1v) is 5.44. The Kier molecular flexibility index (Phi) is 3.37. The molecule has 5 heteroatoms. The molecule has 0 spiro atoms. The van der Waals surface area contributed by atoms with Crippen molar-refractivity contribution in [3.63, 3.8) is 0 Å². The zero-order chi connectivity index (χ0) is 12.3.